The molecule has 0 saturated carbocycles. The summed E-state index contributed by atoms with van der Waals surface area (Å²) in [4.78, 5) is 23.0. The molecule has 44 heavy (non-hydrogen) atoms. The summed E-state index contributed by atoms with van der Waals surface area (Å²) in [5.41, 5.74) is 0. The number of nitrogens with zero attached hydrogens (tertiary/aromatic N) is 1. The largest absolute Gasteiger partial charge is 0.756 e. The van der Waals surface area contributed by atoms with Crippen LogP contribution in [0.5, 0.6) is 0 Å². The molecule has 2 unspecified atom stereocenters. The standard InChI is InChI=1S/C33H70NO9P/c1-7-10-11-12-13-14-15-16-17-18-19-20-21-22-25-31(28-34(4,5)6)43-44(36,37)41-30-32(29-35)42-40-27-24-23-26-33(38-8-2)39-9-3/h31-33,35H,7-30H2,1-6H3/t31?,32-/m1/s1. The van der Waals surface area contributed by atoms with Gasteiger partial charge in [-0.05, 0) is 39.5 Å². The molecule has 10 nitrogen and oxygen atoms in total. The van der Waals surface area contributed by atoms with Crippen LogP contribution in [0.1, 0.15) is 136 Å². The van der Waals surface area contributed by atoms with Gasteiger partial charge in [-0.3, -0.25) is 4.57 Å². The van der Waals surface area contributed by atoms with E-state index in [1.54, 1.807) is 0 Å². The number of likely N-dealkylation sites (N-methyl/N-ethyl adjacent to an activating group) is 1. The summed E-state index contributed by atoms with van der Waals surface area (Å²) in [5, 5.41) is 9.59. The van der Waals surface area contributed by atoms with E-state index < -0.39 is 26.6 Å². The molecule has 0 aliphatic carbocycles. The van der Waals surface area contributed by atoms with Gasteiger partial charge in [0.1, 0.15) is 18.8 Å². The Morgan fingerprint density at radius 1 is 0.705 bits per heavy atom. The summed E-state index contributed by atoms with van der Waals surface area (Å²) in [6.07, 6.45) is 19.1. The van der Waals surface area contributed by atoms with Crippen molar-refractivity contribution >= 4 is 7.82 Å². The Morgan fingerprint density at radius 3 is 1.68 bits per heavy atom. The van der Waals surface area contributed by atoms with Gasteiger partial charge in [0.05, 0.1) is 41.0 Å². The van der Waals surface area contributed by atoms with Crippen LogP contribution in [0.2, 0.25) is 0 Å². The molecule has 0 aromatic heterocycles. The predicted molar refractivity (Wildman–Crippen MR) is 175 cm³/mol. The van der Waals surface area contributed by atoms with E-state index >= 15 is 0 Å². The molecule has 3 atom stereocenters. The number of rotatable bonds is 34. The fourth-order valence-electron chi connectivity index (χ4n) is 5.06. The van der Waals surface area contributed by atoms with E-state index in [-0.39, 0.29) is 19.5 Å². The van der Waals surface area contributed by atoms with Crippen LogP contribution in [0, 0.1) is 0 Å². The molecule has 0 aliphatic heterocycles. The zero-order valence-corrected chi connectivity index (χ0v) is 30.2. The van der Waals surface area contributed by atoms with Crippen molar-refractivity contribution < 1.29 is 47.3 Å². The Hall–Kier alpha value is -0.130. The lowest BCUT2D eigenvalue weighted by molar-refractivity contribution is -0.873. The second-order valence-electron chi connectivity index (χ2n) is 12.9. The van der Waals surface area contributed by atoms with E-state index in [0.29, 0.717) is 37.1 Å². The van der Waals surface area contributed by atoms with Crippen LogP contribution < -0.4 is 4.89 Å². The molecule has 0 fully saturated rings. The van der Waals surface area contributed by atoms with Crippen LogP contribution >= 0.6 is 7.82 Å². The third kappa shape index (κ3) is 29.3. The molecule has 0 saturated heterocycles. The lowest BCUT2D eigenvalue weighted by Gasteiger charge is -2.33. The first kappa shape index (κ1) is 43.9. The highest BCUT2D eigenvalue weighted by Crippen LogP contribution is 2.41. The highest BCUT2D eigenvalue weighted by atomic mass is 31.2. The van der Waals surface area contributed by atoms with Gasteiger partial charge in [0, 0.05) is 13.2 Å². The fraction of sp³-hybridized carbons (Fsp3) is 1.00. The Bertz CT molecular complexity index is 660. The Kier molecular flexibility index (Phi) is 29.0. The average molecular weight is 656 g/mol. The molecule has 11 heteroatoms. The molecule has 0 bridgehead atoms. The smallest absolute Gasteiger partial charge is 0.268 e. The van der Waals surface area contributed by atoms with Crippen LogP contribution in [0.15, 0.2) is 0 Å². The quantitative estimate of drug-likeness (QED) is 0.0190. The third-order valence-corrected chi connectivity index (χ3v) is 8.38. The molecular formula is C33H70NO9P. The SMILES string of the molecule is CCCCCCCCCCCCCCCCC(C[N+](C)(C)C)OP(=O)([O-])OC[C@@H](CO)OOCCCCC(OCC)OCC. The van der Waals surface area contributed by atoms with Crippen molar-refractivity contribution in [2.75, 3.05) is 60.7 Å². The van der Waals surface area contributed by atoms with Crippen LogP contribution in [0.25, 0.3) is 0 Å². The first-order valence-electron chi connectivity index (χ1n) is 17.6. The minimum absolute atomic E-state index is 0.231. The molecule has 0 rings (SSSR count). The number of unbranched alkanes of at least 4 members (excludes halogenated alkanes) is 14. The van der Waals surface area contributed by atoms with Gasteiger partial charge in [0.15, 0.2) is 6.29 Å². The second kappa shape index (κ2) is 29.0. The number of hydrogen-bond acceptors (Lipinski definition) is 9. The zero-order chi connectivity index (χ0) is 32.9. The van der Waals surface area contributed by atoms with Crippen LogP contribution in [0.4, 0.5) is 0 Å². The molecular weight excluding hydrogens is 585 g/mol. The monoisotopic (exact) mass is 655 g/mol. The van der Waals surface area contributed by atoms with Crippen molar-refractivity contribution in [3.05, 3.63) is 0 Å². The van der Waals surface area contributed by atoms with Crippen molar-refractivity contribution in [2.24, 2.45) is 0 Å². The van der Waals surface area contributed by atoms with Gasteiger partial charge in [-0.1, -0.05) is 96.8 Å². The normalized spacial score (nSPS) is 15.1. The molecule has 0 heterocycles. The lowest BCUT2D eigenvalue weighted by atomic mass is 10.0. The molecule has 266 valence electrons. The van der Waals surface area contributed by atoms with E-state index in [1.165, 1.54) is 70.6 Å². The van der Waals surface area contributed by atoms with E-state index in [2.05, 4.69) is 6.92 Å². The first-order valence-corrected chi connectivity index (χ1v) is 19.1. The van der Waals surface area contributed by atoms with Crippen LogP contribution in [0.3, 0.4) is 0 Å². The van der Waals surface area contributed by atoms with Gasteiger partial charge in [0.25, 0.3) is 7.82 Å². The highest BCUT2D eigenvalue weighted by Gasteiger charge is 2.25. The predicted octanol–water partition coefficient (Wildman–Crippen LogP) is 7.31. The van der Waals surface area contributed by atoms with Crippen molar-refractivity contribution in [3.63, 3.8) is 0 Å². The van der Waals surface area contributed by atoms with Crippen molar-refractivity contribution in [1.82, 2.24) is 0 Å². The molecule has 1 N–H and O–H groups in total. The first-order chi connectivity index (χ1) is 21.1. The summed E-state index contributed by atoms with van der Waals surface area (Å²) in [6, 6.07) is 0. The van der Waals surface area contributed by atoms with Gasteiger partial charge >= 0.3 is 0 Å². The van der Waals surface area contributed by atoms with Crippen LogP contribution in [-0.4, -0.2) is 88.8 Å². The number of aliphatic hydroxyl groups excluding tert-OH is 1. The number of ether oxygens (including phenoxy) is 2. The summed E-state index contributed by atoms with van der Waals surface area (Å²) in [5.74, 6) is 0. The fourth-order valence-corrected chi connectivity index (χ4v) is 6.00. The third-order valence-electron chi connectivity index (χ3n) is 7.36. The van der Waals surface area contributed by atoms with Gasteiger partial charge in [-0.15, -0.1) is 0 Å². The Balaban J connectivity index is 4.24. The van der Waals surface area contributed by atoms with E-state index in [1.807, 2.05) is 35.0 Å². The zero-order valence-electron chi connectivity index (χ0n) is 29.3. The maximum absolute atomic E-state index is 12.7. The average Bonchev–Trinajstić information content (AvgIpc) is 2.95. The van der Waals surface area contributed by atoms with Crippen molar-refractivity contribution in [2.45, 2.75) is 155 Å². The summed E-state index contributed by atoms with van der Waals surface area (Å²) in [6.45, 7) is 7.30. The Labute approximate surface area is 270 Å². The topological polar surface area (TPSA) is 116 Å². The molecule has 0 aromatic carbocycles. The maximum atomic E-state index is 12.7. The minimum atomic E-state index is -4.60. The minimum Gasteiger partial charge on any atom is -0.756 e. The summed E-state index contributed by atoms with van der Waals surface area (Å²) in [7, 11) is 1.44. The molecule has 0 amide bonds. The highest BCUT2D eigenvalue weighted by molar-refractivity contribution is 7.45. The van der Waals surface area contributed by atoms with Gasteiger partial charge in [0.2, 0.25) is 0 Å². The van der Waals surface area contributed by atoms with Gasteiger partial charge in [-0.2, -0.15) is 0 Å². The van der Waals surface area contributed by atoms with Gasteiger partial charge in [-0.25, -0.2) is 9.78 Å². The van der Waals surface area contributed by atoms with Crippen LogP contribution in [-0.2, 0) is 32.9 Å². The number of hydrogen-bond donors (Lipinski definition) is 1. The molecule has 0 radical (unpaired) electrons. The van der Waals surface area contributed by atoms with E-state index in [4.69, 9.17) is 28.3 Å². The molecule has 0 aliphatic rings. The number of quaternary nitrogens is 1. The van der Waals surface area contributed by atoms with Crippen molar-refractivity contribution in [1.29, 1.82) is 0 Å². The number of phosphoric acid groups is 1. The second-order valence-corrected chi connectivity index (χ2v) is 14.3. The Morgan fingerprint density at radius 2 is 1.20 bits per heavy atom. The maximum Gasteiger partial charge on any atom is 0.268 e. The summed E-state index contributed by atoms with van der Waals surface area (Å²) < 4.78 is 34.9. The number of aliphatic hydroxyl groups is 1. The molecule has 0 spiro atoms. The molecule has 0 aromatic rings. The van der Waals surface area contributed by atoms with Gasteiger partial charge < -0.3 is 33.0 Å². The lowest BCUT2D eigenvalue weighted by Crippen LogP contribution is -2.42. The van der Waals surface area contributed by atoms with E-state index in [9.17, 15) is 14.6 Å². The number of phosphoric ester groups is 1. The summed E-state index contributed by atoms with van der Waals surface area (Å²) >= 11 is 0. The van der Waals surface area contributed by atoms with E-state index in [0.717, 1.165) is 32.1 Å². The van der Waals surface area contributed by atoms with Crippen molar-refractivity contribution in [3.8, 4) is 0 Å².